The quantitative estimate of drug-likeness (QED) is 0.732. The molecule has 0 aromatic carbocycles. The molecule has 136 valence electrons. The molecule has 7 heteroatoms. The Hall–Kier alpha value is -2.57. The van der Waals surface area contributed by atoms with Crippen molar-refractivity contribution >= 4 is 22.7 Å². The van der Waals surface area contributed by atoms with Crippen LogP contribution in [0.3, 0.4) is 0 Å². The number of likely N-dealkylation sites (tertiary alicyclic amines) is 2. The summed E-state index contributed by atoms with van der Waals surface area (Å²) in [6, 6.07) is 2.25. The summed E-state index contributed by atoms with van der Waals surface area (Å²) >= 11 is 0. The van der Waals surface area contributed by atoms with E-state index >= 15 is 0 Å². The molecule has 1 N–H and O–H groups in total. The number of nitrogens with zero attached hydrogens (tertiary/aromatic N) is 5. The van der Waals surface area contributed by atoms with Crippen LogP contribution in [0.1, 0.15) is 37.9 Å². The number of amides is 2. The van der Waals surface area contributed by atoms with Crippen LogP contribution in [0, 0.1) is 5.92 Å². The lowest BCUT2D eigenvalue weighted by molar-refractivity contribution is 0.132. The zero-order valence-electron chi connectivity index (χ0n) is 15.1. The van der Waals surface area contributed by atoms with E-state index in [4.69, 9.17) is 4.98 Å². The number of piperidine rings is 1. The van der Waals surface area contributed by atoms with Gasteiger partial charge in [0.05, 0.1) is 23.4 Å². The third-order valence-electron chi connectivity index (χ3n) is 6.02. The Morgan fingerprint density at radius 1 is 1.15 bits per heavy atom. The first-order valence-electron chi connectivity index (χ1n) is 9.55. The van der Waals surface area contributed by atoms with Gasteiger partial charge in [0.15, 0.2) is 5.65 Å². The zero-order chi connectivity index (χ0) is 17.7. The number of imidazole rings is 1. The number of hydrogen-bond acceptors (Lipinski definition) is 3. The molecule has 5 heterocycles. The first-order valence-corrected chi connectivity index (χ1v) is 9.55. The van der Waals surface area contributed by atoms with Crippen LogP contribution in [0.4, 0.5) is 4.79 Å². The number of carbonyl (C=O) groups excluding carboxylic acids is 1. The van der Waals surface area contributed by atoms with E-state index in [0.717, 1.165) is 67.9 Å². The smallest absolute Gasteiger partial charge is 0.320 e. The van der Waals surface area contributed by atoms with Gasteiger partial charge in [-0.2, -0.15) is 0 Å². The molecule has 2 aliphatic rings. The number of hydrogen-bond donors (Lipinski definition) is 1. The standard InChI is InChI=1S/C19H24N6O/c1-13-5-9-24(19(26)23-7-2-3-8-23)12-15(13)18-22-11-14-10-21-17-16(25(14)18)4-6-20-17/h4,6,10-11,13,15,20H,2-3,5,7-9,12H2,1H3/t13-,15+/m1/s1. The van der Waals surface area contributed by atoms with Crippen molar-refractivity contribution in [1.82, 2.24) is 29.2 Å². The lowest BCUT2D eigenvalue weighted by Crippen LogP contribution is -2.48. The second-order valence-corrected chi connectivity index (χ2v) is 7.64. The van der Waals surface area contributed by atoms with Crippen molar-refractivity contribution in [1.29, 1.82) is 0 Å². The predicted octanol–water partition coefficient (Wildman–Crippen LogP) is 2.85. The highest BCUT2D eigenvalue weighted by Gasteiger charge is 2.34. The molecule has 2 aliphatic heterocycles. The van der Waals surface area contributed by atoms with Gasteiger partial charge < -0.3 is 14.8 Å². The Kier molecular flexibility index (Phi) is 3.62. The van der Waals surface area contributed by atoms with Gasteiger partial charge in [-0.3, -0.25) is 4.40 Å². The van der Waals surface area contributed by atoms with E-state index in [1.54, 1.807) is 0 Å². The number of rotatable bonds is 1. The second kappa shape index (κ2) is 6.00. The third kappa shape index (κ3) is 2.37. The molecular weight excluding hydrogens is 328 g/mol. The molecule has 0 aliphatic carbocycles. The molecule has 0 radical (unpaired) electrons. The average Bonchev–Trinajstić information content (AvgIpc) is 3.40. The zero-order valence-corrected chi connectivity index (χ0v) is 15.1. The molecule has 0 bridgehead atoms. The molecule has 2 saturated heterocycles. The summed E-state index contributed by atoms with van der Waals surface area (Å²) in [5.41, 5.74) is 2.91. The molecule has 0 saturated carbocycles. The molecule has 0 spiro atoms. The van der Waals surface area contributed by atoms with E-state index in [-0.39, 0.29) is 11.9 Å². The Balaban J connectivity index is 1.51. The van der Waals surface area contributed by atoms with Crippen molar-refractivity contribution < 1.29 is 4.79 Å². The average molecular weight is 352 g/mol. The maximum absolute atomic E-state index is 12.9. The van der Waals surface area contributed by atoms with Gasteiger partial charge in [-0.05, 0) is 31.2 Å². The Bertz CT molecular complexity index is 953. The van der Waals surface area contributed by atoms with Crippen molar-refractivity contribution in [3.63, 3.8) is 0 Å². The van der Waals surface area contributed by atoms with Crippen LogP contribution in [0.5, 0.6) is 0 Å². The minimum atomic E-state index is 0.203. The molecule has 3 aromatic heterocycles. The SMILES string of the molecule is C[C@@H]1CCN(C(=O)N2CCCC2)C[C@@H]1c1ncc2cnc3[nH]ccc3n12. The van der Waals surface area contributed by atoms with E-state index in [0.29, 0.717) is 5.92 Å². The molecular formula is C19H24N6O. The fourth-order valence-electron chi connectivity index (χ4n) is 4.45. The van der Waals surface area contributed by atoms with Gasteiger partial charge in [0.2, 0.25) is 0 Å². The van der Waals surface area contributed by atoms with Gasteiger partial charge in [-0.15, -0.1) is 0 Å². The lowest BCUT2D eigenvalue weighted by Gasteiger charge is -2.38. The van der Waals surface area contributed by atoms with E-state index in [1.165, 1.54) is 0 Å². The van der Waals surface area contributed by atoms with Crippen LogP contribution in [-0.2, 0) is 0 Å². The Morgan fingerprint density at radius 3 is 2.81 bits per heavy atom. The van der Waals surface area contributed by atoms with Gasteiger partial charge in [0, 0.05) is 38.3 Å². The largest absolute Gasteiger partial charge is 0.345 e. The molecule has 7 nitrogen and oxygen atoms in total. The van der Waals surface area contributed by atoms with Gasteiger partial charge in [0.1, 0.15) is 5.82 Å². The minimum absolute atomic E-state index is 0.203. The molecule has 3 aromatic rings. The molecule has 2 fully saturated rings. The highest BCUT2D eigenvalue weighted by molar-refractivity contribution is 5.76. The summed E-state index contributed by atoms with van der Waals surface area (Å²) in [6.07, 6.45) is 8.93. The summed E-state index contributed by atoms with van der Waals surface area (Å²) in [7, 11) is 0. The van der Waals surface area contributed by atoms with Crippen molar-refractivity contribution in [3.05, 3.63) is 30.5 Å². The highest BCUT2D eigenvalue weighted by atomic mass is 16.2. The number of carbonyl (C=O) groups is 1. The first-order chi connectivity index (χ1) is 12.7. The van der Waals surface area contributed by atoms with Gasteiger partial charge in [-0.1, -0.05) is 6.92 Å². The summed E-state index contributed by atoms with van der Waals surface area (Å²) in [4.78, 5) is 29.3. The number of aromatic amines is 1. The van der Waals surface area contributed by atoms with Crippen molar-refractivity contribution in [2.45, 2.75) is 32.1 Å². The summed E-state index contributed by atoms with van der Waals surface area (Å²) in [5.74, 6) is 1.77. The van der Waals surface area contributed by atoms with Crippen molar-refractivity contribution in [3.8, 4) is 0 Å². The fourth-order valence-corrected chi connectivity index (χ4v) is 4.45. The van der Waals surface area contributed by atoms with E-state index in [9.17, 15) is 4.79 Å². The van der Waals surface area contributed by atoms with Crippen molar-refractivity contribution in [2.24, 2.45) is 5.92 Å². The second-order valence-electron chi connectivity index (χ2n) is 7.64. The van der Waals surface area contributed by atoms with Crippen LogP contribution >= 0.6 is 0 Å². The fraction of sp³-hybridized carbons (Fsp3) is 0.526. The maximum atomic E-state index is 12.9. The molecule has 2 atom stereocenters. The predicted molar refractivity (Wildman–Crippen MR) is 99.1 cm³/mol. The number of aromatic nitrogens is 4. The molecule has 0 unspecified atom stereocenters. The Labute approximate surface area is 152 Å². The van der Waals surface area contributed by atoms with Gasteiger partial charge >= 0.3 is 6.03 Å². The minimum Gasteiger partial charge on any atom is -0.345 e. The molecule has 5 rings (SSSR count). The third-order valence-corrected chi connectivity index (χ3v) is 6.02. The van der Waals surface area contributed by atoms with E-state index in [2.05, 4.69) is 21.3 Å². The van der Waals surface area contributed by atoms with Crippen LogP contribution < -0.4 is 0 Å². The number of H-pyrrole nitrogens is 1. The van der Waals surface area contributed by atoms with Crippen molar-refractivity contribution in [2.75, 3.05) is 26.2 Å². The lowest BCUT2D eigenvalue weighted by atomic mass is 9.86. The highest BCUT2D eigenvalue weighted by Crippen LogP contribution is 2.33. The van der Waals surface area contributed by atoms with Gasteiger partial charge in [-0.25, -0.2) is 14.8 Å². The topological polar surface area (TPSA) is 69.5 Å². The summed E-state index contributed by atoms with van der Waals surface area (Å²) in [6.45, 7) is 5.66. The summed E-state index contributed by atoms with van der Waals surface area (Å²) < 4.78 is 2.20. The van der Waals surface area contributed by atoms with Gasteiger partial charge in [0.25, 0.3) is 0 Å². The number of urea groups is 1. The maximum Gasteiger partial charge on any atom is 0.320 e. The number of nitrogens with one attached hydrogen (secondary N) is 1. The monoisotopic (exact) mass is 352 g/mol. The molecule has 2 amide bonds. The molecule has 26 heavy (non-hydrogen) atoms. The van der Waals surface area contributed by atoms with Crippen LogP contribution in [0.15, 0.2) is 24.7 Å². The van der Waals surface area contributed by atoms with E-state index in [1.807, 2.05) is 34.5 Å². The van der Waals surface area contributed by atoms with Crippen LogP contribution in [0.25, 0.3) is 16.7 Å². The Morgan fingerprint density at radius 2 is 1.96 bits per heavy atom. The van der Waals surface area contributed by atoms with Crippen LogP contribution in [-0.4, -0.2) is 61.4 Å². The first kappa shape index (κ1) is 15.7. The summed E-state index contributed by atoms with van der Waals surface area (Å²) in [5, 5.41) is 0. The van der Waals surface area contributed by atoms with Crippen LogP contribution in [0.2, 0.25) is 0 Å². The normalized spacial score (nSPS) is 24.0. The number of fused-ring (bicyclic) bond motifs is 3. The van der Waals surface area contributed by atoms with E-state index < -0.39 is 0 Å².